The lowest BCUT2D eigenvalue weighted by Gasteiger charge is -2.28. The van der Waals surface area contributed by atoms with Gasteiger partial charge in [0.25, 0.3) is 0 Å². The summed E-state index contributed by atoms with van der Waals surface area (Å²) in [7, 11) is 1.30. The van der Waals surface area contributed by atoms with Gasteiger partial charge in [0.2, 0.25) is 0 Å². The van der Waals surface area contributed by atoms with E-state index < -0.39 is 18.0 Å². The van der Waals surface area contributed by atoms with Crippen LogP contribution in [0.4, 0.5) is 4.79 Å². The van der Waals surface area contributed by atoms with Crippen molar-refractivity contribution in [1.82, 2.24) is 10.6 Å². The number of amides is 2. The van der Waals surface area contributed by atoms with E-state index in [4.69, 9.17) is 14.2 Å². The van der Waals surface area contributed by atoms with Crippen molar-refractivity contribution in [2.75, 3.05) is 20.3 Å². The van der Waals surface area contributed by atoms with Gasteiger partial charge in [-0.05, 0) is 47.5 Å². The Morgan fingerprint density at radius 2 is 2.12 bits per heavy atom. The fourth-order valence-corrected chi connectivity index (χ4v) is 3.20. The van der Waals surface area contributed by atoms with E-state index in [0.717, 1.165) is 0 Å². The van der Waals surface area contributed by atoms with Crippen LogP contribution in [-0.2, 0) is 9.53 Å². The molecule has 0 fully saturated rings. The normalized spacial score (nSPS) is 16.5. The summed E-state index contributed by atoms with van der Waals surface area (Å²) in [6.07, 6.45) is 1.63. The smallest absolute Gasteiger partial charge is 0.337 e. The molecule has 0 spiro atoms. The van der Waals surface area contributed by atoms with E-state index in [0.29, 0.717) is 46.0 Å². The average molecular weight is 425 g/mol. The van der Waals surface area contributed by atoms with Crippen molar-refractivity contribution >= 4 is 27.9 Å². The number of carbonyl (C=O) groups excluding carboxylic acids is 2. The minimum atomic E-state index is -0.680. The van der Waals surface area contributed by atoms with Gasteiger partial charge in [-0.1, -0.05) is 12.7 Å². The first-order valence-corrected chi connectivity index (χ1v) is 8.78. The molecule has 0 radical (unpaired) electrons. The van der Waals surface area contributed by atoms with E-state index in [2.05, 4.69) is 33.1 Å². The van der Waals surface area contributed by atoms with Gasteiger partial charge < -0.3 is 24.8 Å². The molecular formula is C18H21BrN2O5. The molecule has 0 saturated heterocycles. The Morgan fingerprint density at radius 3 is 2.73 bits per heavy atom. The van der Waals surface area contributed by atoms with Crippen LogP contribution in [0.2, 0.25) is 0 Å². The molecule has 1 aliphatic rings. The van der Waals surface area contributed by atoms with Gasteiger partial charge in [0.1, 0.15) is 6.61 Å². The van der Waals surface area contributed by atoms with Gasteiger partial charge in [0.15, 0.2) is 11.5 Å². The highest BCUT2D eigenvalue weighted by Crippen LogP contribution is 2.40. The number of halogens is 1. The molecule has 1 heterocycles. The molecule has 0 aromatic heterocycles. The lowest BCUT2D eigenvalue weighted by Crippen LogP contribution is -2.45. The Balaban J connectivity index is 2.54. The lowest BCUT2D eigenvalue weighted by atomic mass is 9.95. The summed E-state index contributed by atoms with van der Waals surface area (Å²) in [4.78, 5) is 24.2. The maximum atomic E-state index is 12.2. The predicted octanol–water partition coefficient (Wildman–Crippen LogP) is 3.21. The number of esters is 1. The maximum absolute atomic E-state index is 12.2. The highest BCUT2D eigenvalue weighted by Gasteiger charge is 2.33. The van der Waals surface area contributed by atoms with Gasteiger partial charge >= 0.3 is 12.0 Å². The Hall–Kier alpha value is -2.48. The number of hydrogen-bond donors (Lipinski definition) is 2. The number of methoxy groups -OCH3 is 1. The minimum Gasteiger partial charge on any atom is -0.490 e. The molecule has 2 N–H and O–H groups in total. The minimum absolute atomic E-state index is 0.314. The van der Waals surface area contributed by atoms with Crippen LogP contribution in [0, 0.1) is 0 Å². The van der Waals surface area contributed by atoms with Gasteiger partial charge in [-0.15, -0.1) is 0 Å². The molecule has 0 saturated carbocycles. The Kier molecular flexibility index (Phi) is 6.68. The first kappa shape index (κ1) is 19.8. The maximum Gasteiger partial charge on any atom is 0.337 e. The number of ether oxygens (including phenoxy) is 3. The second-order valence-electron chi connectivity index (χ2n) is 5.42. The number of benzene rings is 1. The number of urea groups is 1. The van der Waals surface area contributed by atoms with Crippen molar-refractivity contribution < 1.29 is 23.8 Å². The third-order valence-electron chi connectivity index (χ3n) is 3.69. The zero-order chi connectivity index (χ0) is 19.3. The zero-order valence-electron chi connectivity index (χ0n) is 14.8. The van der Waals surface area contributed by atoms with E-state index in [1.54, 1.807) is 25.1 Å². The number of rotatable bonds is 7. The van der Waals surface area contributed by atoms with E-state index >= 15 is 0 Å². The quantitative estimate of drug-likeness (QED) is 0.518. The second-order valence-corrected chi connectivity index (χ2v) is 6.28. The summed E-state index contributed by atoms with van der Waals surface area (Å²) in [5.41, 5.74) is 1.41. The molecule has 26 heavy (non-hydrogen) atoms. The van der Waals surface area contributed by atoms with Crippen molar-refractivity contribution in [2.45, 2.75) is 19.9 Å². The van der Waals surface area contributed by atoms with Crippen LogP contribution in [-0.4, -0.2) is 32.3 Å². The lowest BCUT2D eigenvalue weighted by molar-refractivity contribution is -0.136. The van der Waals surface area contributed by atoms with Crippen LogP contribution in [0.5, 0.6) is 11.5 Å². The summed E-state index contributed by atoms with van der Waals surface area (Å²) in [6.45, 7) is 7.88. The van der Waals surface area contributed by atoms with Crippen LogP contribution < -0.4 is 20.1 Å². The summed E-state index contributed by atoms with van der Waals surface area (Å²) >= 11 is 3.47. The number of carbonyl (C=O) groups is 2. The van der Waals surface area contributed by atoms with Crippen LogP contribution >= 0.6 is 15.9 Å². The third-order valence-corrected chi connectivity index (χ3v) is 4.27. The monoisotopic (exact) mass is 424 g/mol. The number of allylic oxidation sites excluding steroid dienone is 1. The second kappa shape index (κ2) is 8.75. The van der Waals surface area contributed by atoms with E-state index in [1.807, 2.05) is 6.92 Å². The molecule has 0 aliphatic carbocycles. The fraction of sp³-hybridized carbons (Fsp3) is 0.333. The summed E-state index contributed by atoms with van der Waals surface area (Å²) in [5, 5.41) is 5.33. The molecular weight excluding hydrogens is 404 g/mol. The summed E-state index contributed by atoms with van der Waals surface area (Å²) in [5.74, 6) is 0.491. The molecule has 1 atom stereocenters. The van der Waals surface area contributed by atoms with Crippen LogP contribution in [0.25, 0.3) is 0 Å². The molecule has 0 bridgehead atoms. The predicted molar refractivity (Wildman–Crippen MR) is 100 cm³/mol. The molecule has 0 unspecified atom stereocenters. The van der Waals surface area contributed by atoms with Gasteiger partial charge in [0, 0.05) is 5.70 Å². The number of nitrogens with one attached hydrogen (secondary N) is 2. The molecule has 1 aromatic rings. The van der Waals surface area contributed by atoms with Crippen molar-refractivity contribution in [3.63, 3.8) is 0 Å². The van der Waals surface area contributed by atoms with E-state index in [1.165, 1.54) is 7.11 Å². The van der Waals surface area contributed by atoms with Crippen molar-refractivity contribution in [3.8, 4) is 11.5 Å². The topological polar surface area (TPSA) is 85.9 Å². The van der Waals surface area contributed by atoms with Gasteiger partial charge in [-0.2, -0.15) is 0 Å². The molecule has 2 amide bonds. The van der Waals surface area contributed by atoms with Gasteiger partial charge in [0.05, 0.1) is 29.8 Å². The zero-order valence-corrected chi connectivity index (χ0v) is 16.4. The SMILES string of the molecule is C=CCOc1c(Br)cc([C@H]2NC(=O)NC(C)=C2C(=O)OC)cc1OCC. The Morgan fingerprint density at radius 1 is 1.38 bits per heavy atom. The van der Waals surface area contributed by atoms with Gasteiger partial charge in [-0.25, -0.2) is 9.59 Å². The van der Waals surface area contributed by atoms with Crippen LogP contribution in [0.1, 0.15) is 25.5 Å². The first-order chi connectivity index (χ1) is 12.4. The fourth-order valence-electron chi connectivity index (χ4n) is 2.62. The highest BCUT2D eigenvalue weighted by atomic mass is 79.9. The average Bonchev–Trinajstić information content (AvgIpc) is 2.60. The Labute approximate surface area is 160 Å². The van der Waals surface area contributed by atoms with Crippen molar-refractivity contribution in [3.05, 3.63) is 46.1 Å². The van der Waals surface area contributed by atoms with Crippen molar-refractivity contribution in [2.24, 2.45) is 0 Å². The van der Waals surface area contributed by atoms with Crippen LogP contribution in [0.15, 0.2) is 40.5 Å². The molecule has 2 rings (SSSR count). The van der Waals surface area contributed by atoms with E-state index in [9.17, 15) is 9.59 Å². The molecule has 1 aliphatic heterocycles. The number of hydrogen-bond acceptors (Lipinski definition) is 5. The van der Waals surface area contributed by atoms with Gasteiger partial charge in [-0.3, -0.25) is 0 Å². The Bertz CT molecular complexity index is 760. The molecule has 1 aromatic carbocycles. The third kappa shape index (κ3) is 4.19. The van der Waals surface area contributed by atoms with Crippen LogP contribution in [0.3, 0.4) is 0 Å². The molecule has 8 heteroatoms. The molecule has 140 valence electrons. The summed E-state index contributed by atoms with van der Waals surface area (Å²) in [6, 6.07) is 2.42. The largest absolute Gasteiger partial charge is 0.490 e. The van der Waals surface area contributed by atoms with E-state index in [-0.39, 0.29) is 0 Å². The standard InChI is InChI=1S/C18H21BrN2O5/c1-5-7-26-16-12(19)8-11(9-13(16)25-6-2)15-14(17(22)24-4)10(3)20-18(23)21-15/h5,8-9,15H,1,6-7H2,2-4H3,(H2,20,21,23)/t15-/m1/s1. The first-order valence-electron chi connectivity index (χ1n) is 7.99. The highest BCUT2D eigenvalue weighted by molar-refractivity contribution is 9.10. The summed E-state index contributed by atoms with van der Waals surface area (Å²) < 4.78 is 16.8. The van der Waals surface area contributed by atoms with Crippen molar-refractivity contribution in [1.29, 1.82) is 0 Å². The molecule has 7 nitrogen and oxygen atoms in total.